The van der Waals surface area contributed by atoms with Crippen LogP contribution in [-0.4, -0.2) is 17.5 Å². The van der Waals surface area contributed by atoms with Gasteiger partial charge in [-0.1, -0.05) is 0 Å². The van der Waals surface area contributed by atoms with Crippen LogP contribution >= 0.6 is 38.6 Å². The second kappa shape index (κ2) is 7.25. The Morgan fingerprint density at radius 1 is 1.26 bits per heavy atom. The van der Waals surface area contributed by atoms with E-state index in [9.17, 15) is 4.79 Å². The molecule has 2 aromatic heterocycles. The number of benzene rings is 1. The molecule has 23 heavy (non-hydrogen) atoms. The van der Waals surface area contributed by atoms with Gasteiger partial charge in [0, 0.05) is 15.4 Å². The zero-order valence-corrected chi connectivity index (χ0v) is 15.4. The molecule has 0 saturated carbocycles. The summed E-state index contributed by atoms with van der Waals surface area (Å²) in [4.78, 5) is 17.3. The van der Waals surface area contributed by atoms with Crippen LogP contribution in [0.1, 0.15) is 16.6 Å². The van der Waals surface area contributed by atoms with E-state index in [0.29, 0.717) is 16.6 Å². The maximum atomic E-state index is 12.2. The van der Waals surface area contributed by atoms with Gasteiger partial charge in [0.05, 0.1) is 12.3 Å². The summed E-state index contributed by atoms with van der Waals surface area (Å²) in [5.74, 6) is 0.682. The molecule has 3 rings (SSSR count). The molecule has 0 saturated heterocycles. The average Bonchev–Trinajstić information content (AvgIpc) is 3.17. The number of thiophene rings is 1. The lowest BCUT2D eigenvalue weighted by Crippen LogP contribution is -2.10. The fourth-order valence-corrected chi connectivity index (χ4v) is 4.12. The smallest absolute Gasteiger partial charge is 0.268 e. The van der Waals surface area contributed by atoms with Crippen molar-refractivity contribution < 1.29 is 9.53 Å². The van der Waals surface area contributed by atoms with Gasteiger partial charge in [-0.3, -0.25) is 10.1 Å². The molecule has 0 aliphatic rings. The molecule has 1 aromatic carbocycles. The predicted molar refractivity (Wildman–Crippen MR) is 98.7 cm³/mol. The lowest BCUT2D eigenvalue weighted by atomic mass is 10.2. The molecule has 0 aliphatic heterocycles. The summed E-state index contributed by atoms with van der Waals surface area (Å²) in [7, 11) is 0. The summed E-state index contributed by atoms with van der Waals surface area (Å²) in [6.07, 6.45) is 0. The largest absolute Gasteiger partial charge is 0.494 e. The van der Waals surface area contributed by atoms with Gasteiger partial charge in [-0.15, -0.1) is 22.7 Å². The average molecular weight is 409 g/mol. The third-order valence-corrected chi connectivity index (χ3v) is 5.60. The molecule has 0 fully saturated rings. The molecule has 0 bridgehead atoms. The van der Waals surface area contributed by atoms with Gasteiger partial charge in [-0.25, -0.2) is 4.98 Å². The lowest BCUT2D eigenvalue weighted by Gasteiger charge is -2.03. The standard InChI is InChI=1S/C16H13BrN2O2S2/c1-2-21-11-5-3-10(4-6-11)13-9-23-16(18-13)19-15(20)14-12(17)7-8-22-14/h3-9H,2H2,1H3,(H,18,19,20). The van der Waals surface area contributed by atoms with Gasteiger partial charge in [0.15, 0.2) is 5.13 Å². The SMILES string of the molecule is CCOc1ccc(-c2csc(NC(=O)c3sccc3Br)n2)cc1. The van der Waals surface area contributed by atoms with Crippen LogP contribution in [0.4, 0.5) is 5.13 Å². The Kier molecular flexibility index (Phi) is 5.09. The molecular weight excluding hydrogens is 396 g/mol. The summed E-state index contributed by atoms with van der Waals surface area (Å²) in [5.41, 5.74) is 1.82. The fourth-order valence-electron chi connectivity index (χ4n) is 1.96. The number of hydrogen-bond donors (Lipinski definition) is 1. The van der Waals surface area contributed by atoms with Gasteiger partial charge in [0.2, 0.25) is 0 Å². The highest BCUT2D eigenvalue weighted by molar-refractivity contribution is 9.10. The molecule has 0 atom stereocenters. The number of ether oxygens (including phenoxy) is 1. The minimum absolute atomic E-state index is 0.153. The predicted octanol–water partition coefficient (Wildman–Crippen LogP) is 5.29. The number of hydrogen-bond acceptors (Lipinski definition) is 5. The third kappa shape index (κ3) is 3.80. The summed E-state index contributed by atoms with van der Waals surface area (Å²) in [6.45, 7) is 2.60. The van der Waals surface area contributed by atoms with Crippen molar-refractivity contribution in [3.63, 3.8) is 0 Å². The van der Waals surface area contributed by atoms with E-state index in [1.807, 2.05) is 48.0 Å². The quantitative estimate of drug-likeness (QED) is 0.624. The number of nitrogens with zero attached hydrogens (tertiary/aromatic N) is 1. The molecule has 2 heterocycles. The van der Waals surface area contributed by atoms with E-state index >= 15 is 0 Å². The minimum atomic E-state index is -0.153. The van der Waals surface area contributed by atoms with E-state index in [4.69, 9.17) is 4.74 Å². The Hall–Kier alpha value is -1.70. The third-order valence-electron chi connectivity index (χ3n) is 3.01. The maximum Gasteiger partial charge on any atom is 0.268 e. The molecule has 0 radical (unpaired) electrons. The summed E-state index contributed by atoms with van der Waals surface area (Å²) in [5, 5.41) is 7.21. The van der Waals surface area contributed by atoms with Crippen molar-refractivity contribution in [1.82, 2.24) is 4.98 Å². The molecule has 1 amide bonds. The number of rotatable bonds is 5. The zero-order valence-electron chi connectivity index (χ0n) is 12.2. The number of carbonyl (C=O) groups excluding carboxylic acids is 1. The second-order valence-corrected chi connectivity index (χ2v) is 7.18. The van der Waals surface area contributed by atoms with Crippen LogP contribution in [0.5, 0.6) is 5.75 Å². The Bertz CT molecular complexity index is 812. The number of thiazole rings is 1. The number of carbonyl (C=O) groups is 1. The van der Waals surface area contributed by atoms with E-state index < -0.39 is 0 Å². The number of nitrogens with one attached hydrogen (secondary N) is 1. The molecule has 0 unspecified atom stereocenters. The normalized spacial score (nSPS) is 10.5. The monoisotopic (exact) mass is 408 g/mol. The Morgan fingerprint density at radius 2 is 2.04 bits per heavy atom. The van der Waals surface area contributed by atoms with Crippen LogP contribution in [0, 0.1) is 0 Å². The number of anilines is 1. The number of amides is 1. The molecule has 3 aromatic rings. The van der Waals surface area contributed by atoms with Gasteiger partial charge < -0.3 is 4.74 Å². The van der Waals surface area contributed by atoms with Crippen molar-refractivity contribution in [2.75, 3.05) is 11.9 Å². The molecular formula is C16H13BrN2O2S2. The first-order chi connectivity index (χ1) is 11.2. The highest BCUT2D eigenvalue weighted by atomic mass is 79.9. The van der Waals surface area contributed by atoms with E-state index in [2.05, 4.69) is 26.2 Å². The van der Waals surface area contributed by atoms with Gasteiger partial charge >= 0.3 is 0 Å². The van der Waals surface area contributed by atoms with Crippen LogP contribution in [-0.2, 0) is 0 Å². The Morgan fingerprint density at radius 3 is 2.70 bits per heavy atom. The van der Waals surface area contributed by atoms with E-state index in [-0.39, 0.29) is 5.91 Å². The Labute approximate surface area is 150 Å². The first-order valence-corrected chi connectivity index (χ1v) is 9.45. The first kappa shape index (κ1) is 16.2. The summed E-state index contributed by atoms with van der Waals surface area (Å²) < 4.78 is 6.22. The lowest BCUT2D eigenvalue weighted by molar-refractivity contribution is 0.103. The van der Waals surface area contributed by atoms with Crippen LogP contribution in [0.15, 0.2) is 45.6 Å². The van der Waals surface area contributed by atoms with Crippen molar-refractivity contribution >= 4 is 49.6 Å². The fraction of sp³-hybridized carbons (Fsp3) is 0.125. The van der Waals surface area contributed by atoms with E-state index in [1.165, 1.54) is 22.7 Å². The number of aromatic nitrogens is 1. The van der Waals surface area contributed by atoms with Crippen molar-refractivity contribution in [3.05, 3.63) is 50.4 Å². The van der Waals surface area contributed by atoms with Crippen LogP contribution in [0.3, 0.4) is 0 Å². The summed E-state index contributed by atoms with van der Waals surface area (Å²) in [6, 6.07) is 9.61. The van der Waals surface area contributed by atoms with Crippen molar-refractivity contribution in [3.8, 4) is 17.0 Å². The van der Waals surface area contributed by atoms with Crippen molar-refractivity contribution in [1.29, 1.82) is 0 Å². The zero-order chi connectivity index (χ0) is 16.2. The van der Waals surface area contributed by atoms with Gasteiger partial charge in [-0.2, -0.15) is 0 Å². The molecule has 7 heteroatoms. The van der Waals surface area contributed by atoms with Crippen LogP contribution in [0.2, 0.25) is 0 Å². The topological polar surface area (TPSA) is 51.2 Å². The molecule has 0 aliphatic carbocycles. The molecule has 4 nitrogen and oxygen atoms in total. The Balaban J connectivity index is 1.73. The molecule has 1 N–H and O–H groups in total. The maximum absolute atomic E-state index is 12.2. The minimum Gasteiger partial charge on any atom is -0.494 e. The highest BCUT2D eigenvalue weighted by Crippen LogP contribution is 2.28. The second-order valence-electron chi connectivity index (χ2n) is 4.55. The van der Waals surface area contributed by atoms with Crippen LogP contribution < -0.4 is 10.1 Å². The van der Waals surface area contributed by atoms with Gasteiger partial charge in [-0.05, 0) is 58.6 Å². The first-order valence-electron chi connectivity index (χ1n) is 6.90. The van der Waals surface area contributed by atoms with Gasteiger partial charge in [0.1, 0.15) is 10.6 Å². The highest BCUT2D eigenvalue weighted by Gasteiger charge is 2.14. The van der Waals surface area contributed by atoms with Crippen molar-refractivity contribution in [2.24, 2.45) is 0 Å². The summed E-state index contributed by atoms with van der Waals surface area (Å²) >= 11 is 6.16. The van der Waals surface area contributed by atoms with Crippen molar-refractivity contribution in [2.45, 2.75) is 6.92 Å². The van der Waals surface area contributed by atoms with Crippen LogP contribution in [0.25, 0.3) is 11.3 Å². The number of halogens is 1. The molecule has 118 valence electrons. The molecule has 0 spiro atoms. The van der Waals surface area contributed by atoms with Gasteiger partial charge in [0.25, 0.3) is 5.91 Å². The van der Waals surface area contributed by atoms with E-state index in [0.717, 1.165) is 21.5 Å². The van der Waals surface area contributed by atoms with E-state index in [1.54, 1.807) is 0 Å².